The molecule has 90 valence electrons. The third-order valence-corrected chi connectivity index (χ3v) is 2.89. The third-order valence-electron chi connectivity index (χ3n) is 2.89. The number of fused-ring (bicyclic) bond motifs is 1. The van der Waals surface area contributed by atoms with E-state index >= 15 is 0 Å². The number of hydrogen-bond acceptors (Lipinski definition) is 2. The van der Waals surface area contributed by atoms with Gasteiger partial charge >= 0.3 is 5.97 Å². The van der Waals surface area contributed by atoms with Gasteiger partial charge in [-0.25, -0.2) is 4.79 Å². The maximum atomic E-state index is 11.3. The minimum absolute atomic E-state index is 0.330. The molecule has 0 saturated heterocycles. The number of para-hydroxylation sites is 1. The monoisotopic (exact) mass is 232 g/mol. The van der Waals surface area contributed by atoms with Crippen LogP contribution in [0.1, 0.15) is 42.3 Å². The van der Waals surface area contributed by atoms with Gasteiger partial charge in [0.15, 0.2) is 0 Å². The molecular formula is C14H16O3. The Morgan fingerprint density at radius 1 is 1.29 bits per heavy atom. The molecular weight excluding hydrogens is 216 g/mol. The highest BCUT2D eigenvalue weighted by Crippen LogP contribution is 2.27. The molecule has 17 heavy (non-hydrogen) atoms. The minimum Gasteiger partial charge on any atom is -0.478 e. The van der Waals surface area contributed by atoms with Gasteiger partial charge in [0.05, 0.1) is 0 Å². The lowest BCUT2D eigenvalue weighted by Crippen LogP contribution is -1.99. The van der Waals surface area contributed by atoms with Crippen LogP contribution in [-0.4, -0.2) is 11.1 Å². The van der Waals surface area contributed by atoms with E-state index in [1.54, 1.807) is 6.07 Å². The van der Waals surface area contributed by atoms with Crippen molar-refractivity contribution in [1.82, 2.24) is 0 Å². The van der Waals surface area contributed by atoms with Crippen molar-refractivity contribution in [2.24, 2.45) is 0 Å². The van der Waals surface area contributed by atoms with E-state index in [0.29, 0.717) is 28.7 Å². The molecule has 0 fully saturated rings. The van der Waals surface area contributed by atoms with Crippen molar-refractivity contribution < 1.29 is 14.3 Å². The summed E-state index contributed by atoms with van der Waals surface area (Å²) < 4.78 is 5.63. The van der Waals surface area contributed by atoms with E-state index < -0.39 is 5.97 Å². The molecule has 1 N–H and O–H groups in total. The number of carboxylic acids is 1. The second-order valence-electron chi connectivity index (χ2n) is 4.16. The number of furan rings is 1. The second-order valence-corrected chi connectivity index (χ2v) is 4.16. The van der Waals surface area contributed by atoms with E-state index in [1.807, 2.05) is 18.2 Å². The fraction of sp³-hybridized carbons (Fsp3) is 0.357. The molecule has 1 aromatic heterocycles. The molecule has 1 aromatic carbocycles. The highest BCUT2D eigenvalue weighted by molar-refractivity contribution is 6.03. The molecule has 0 aliphatic carbocycles. The van der Waals surface area contributed by atoms with E-state index in [1.165, 1.54) is 0 Å². The molecule has 0 unspecified atom stereocenters. The molecule has 0 amide bonds. The van der Waals surface area contributed by atoms with Crippen molar-refractivity contribution in [2.75, 3.05) is 0 Å². The summed E-state index contributed by atoms with van der Waals surface area (Å²) in [4.78, 5) is 11.3. The summed E-state index contributed by atoms with van der Waals surface area (Å²) in [5.74, 6) is -0.298. The zero-order valence-electron chi connectivity index (χ0n) is 9.90. The molecule has 2 rings (SSSR count). The van der Waals surface area contributed by atoms with E-state index in [4.69, 9.17) is 4.42 Å². The number of carboxylic acid groups (broad SMARTS) is 1. The van der Waals surface area contributed by atoms with Gasteiger partial charge in [-0.1, -0.05) is 38.0 Å². The van der Waals surface area contributed by atoms with Crippen LogP contribution in [0.2, 0.25) is 0 Å². The molecule has 0 saturated carbocycles. The zero-order chi connectivity index (χ0) is 12.3. The van der Waals surface area contributed by atoms with Crippen molar-refractivity contribution in [2.45, 2.75) is 32.6 Å². The third kappa shape index (κ3) is 2.33. The van der Waals surface area contributed by atoms with E-state index in [-0.39, 0.29) is 0 Å². The standard InChI is InChI=1S/C14H16O3/c1-2-3-4-9-12-13(14(15)16)10-7-5-6-8-11(10)17-12/h5-8H,2-4,9H2,1H3,(H,15,16). The first-order chi connectivity index (χ1) is 8.24. The predicted octanol–water partition coefficient (Wildman–Crippen LogP) is 3.86. The highest BCUT2D eigenvalue weighted by Gasteiger charge is 2.19. The van der Waals surface area contributed by atoms with Crippen LogP contribution < -0.4 is 0 Å². The summed E-state index contributed by atoms with van der Waals surface area (Å²) in [5, 5.41) is 9.95. The number of unbranched alkanes of at least 4 members (excludes halogenated alkanes) is 2. The second kappa shape index (κ2) is 5.04. The Morgan fingerprint density at radius 2 is 2.06 bits per heavy atom. The number of carbonyl (C=O) groups is 1. The molecule has 3 nitrogen and oxygen atoms in total. The van der Waals surface area contributed by atoms with Gasteiger partial charge in [0.25, 0.3) is 0 Å². The van der Waals surface area contributed by atoms with E-state index in [9.17, 15) is 9.90 Å². The average Bonchev–Trinajstić information content (AvgIpc) is 2.67. The Labute approximate surface area is 100 Å². The van der Waals surface area contributed by atoms with Gasteiger partial charge < -0.3 is 9.52 Å². The molecule has 0 atom stereocenters. The summed E-state index contributed by atoms with van der Waals surface area (Å²) in [6.45, 7) is 2.12. The fourth-order valence-corrected chi connectivity index (χ4v) is 2.04. The van der Waals surface area contributed by atoms with Crippen molar-refractivity contribution in [3.63, 3.8) is 0 Å². The topological polar surface area (TPSA) is 50.4 Å². The summed E-state index contributed by atoms with van der Waals surface area (Å²) in [6, 6.07) is 7.30. The molecule has 2 aromatic rings. The van der Waals surface area contributed by atoms with Crippen LogP contribution in [0.4, 0.5) is 0 Å². The Balaban J connectivity index is 2.39. The van der Waals surface area contributed by atoms with E-state index in [2.05, 4.69) is 6.92 Å². The van der Waals surface area contributed by atoms with Crippen molar-refractivity contribution in [3.8, 4) is 0 Å². The number of aromatic carboxylic acids is 1. The lowest BCUT2D eigenvalue weighted by molar-refractivity contribution is 0.0696. The van der Waals surface area contributed by atoms with Gasteiger partial charge in [0.1, 0.15) is 16.9 Å². The lowest BCUT2D eigenvalue weighted by atomic mass is 10.1. The number of aryl methyl sites for hydroxylation is 1. The normalized spacial score (nSPS) is 10.9. The van der Waals surface area contributed by atoms with Gasteiger partial charge in [0.2, 0.25) is 0 Å². The maximum Gasteiger partial charge on any atom is 0.339 e. The number of hydrogen-bond donors (Lipinski definition) is 1. The Hall–Kier alpha value is -1.77. The van der Waals surface area contributed by atoms with Crippen LogP contribution in [0.3, 0.4) is 0 Å². The van der Waals surface area contributed by atoms with Gasteiger partial charge in [0, 0.05) is 11.8 Å². The first-order valence-corrected chi connectivity index (χ1v) is 5.97. The summed E-state index contributed by atoms with van der Waals surface area (Å²) >= 11 is 0. The van der Waals surface area contributed by atoms with Crippen molar-refractivity contribution in [3.05, 3.63) is 35.6 Å². The molecule has 1 heterocycles. The van der Waals surface area contributed by atoms with Gasteiger partial charge in [-0.15, -0.1) is 0 Å². The number of benzene rings is 1. The Kier molecular flexibility index (Phi) is 3.47. The predicted molar refractivity (Wildman–Crippen MR) is 66.4 cm³/mol. The summed E-state index contributed by atoms with van der Waals surface area (Å²) in [6.07, 6.45) is 3.87. The molecule has 3 heteroatoms. The van der Waals surface area contributed by atoms with Crippen LogP contribution >= 0.6 is 0 Å². The van der Waals surface area contributed by atoms with Gasteiger partial charge in [-0.3, -0.25) is 0 Å². The van der Waals surface area contributed by atoms with Crippen LogP contribution in [0, 0.1) is 0 Å². The first-order valence-electron chi connectivity index (χ1n) is 5.97. The fourth-order valence-electron chi connectivity index (χ4n) is 2.04. The van der Waals surface area contributed by atoms with Gasteiger partial charge in [-0.2, -0.15) is 0 Å². The van der Waals surface area contributed by atoms with Crippen LogP contribution in [0.15, 0.2) is 28.7 Å². The molecule has 0 aliphatic rings. The van der Waals surface area contributed by atoms with Crippen LogP contribution in [-0.2, 0) is 6.42 Å². The lowest BCUT2D eigenvalue weighted by Gasteiger charge is -1.97. The summed E-state index contributed by atoms with van der Waals surface area (Å²) in [5.41, 5.74) is 0.994. The van der Waals surface area contributed by atoms with Crippen molar-refractivity contribution >= 4 is 16.9 Å². The zero-order valence-corrected chi connectivity index (χ0v) is 9.90. The van der Waals surface area contributed by atoms with Gasteiger partial charge in [-0.05, 0) is 12.5 Å². The Bertz CT molecular complexity index is 525. The Morgan fingerprint density at radius 3 is 2.76 bits per heavy atom. The number of rotatable bonds is 5. The maximum absolute atomic E-state index is 11.3. The van der Waals surface area contributed by atoms with Crippen LogP contribution in [0.25, 0.3) is 11.0 Å². The SMILES string of the molecule is CCCCCc1oc2ccccc2c1C(=O)O. The smallest absolute Gasteiger partial charge is 0.339 e. The summed E-state index contributed by atoms with van der Waals surface area (Å²) in [7, 11) is 0. The van der Waals surface area contributed by atoms with Crippen LogP contribution in [0.5, 0.6) is 0 Å². The quantitative estimate of drug-likeness (QED) is 0.796. The van der Waals surface area contributed by atoms with Crippen molar-refractivity contribution in [1.29, 1.82) is 0 Å². The highest BCUT2D eigenvalue weighted by atomic mass is 16.4. The molecule has 0 aliphatic heterocycles. The molecule has 0 radical (unpaired) electrons. The minimum atomic E-state index is -0.901. The largest absolute Gasteiger partial charge is 0.478 e. The first kappa shape index (κ1) is 11.7. The average molecular weight is 232 g/mol. The van der Waals surface area contributed by atoms with E-state index in [0.717, 1.165) is 19.3 Å². The molecule has 0 bridgehead atoms. The molecule has 0 spiro atoms.